The molecule has 4 rings (SSSR count). The third-order valence-corrected chi connectivity index (χ3v) is 5.02. The smallest absolute Gasteiger partial charge is 0.00238 e. The lowest BCUT2D eigenvalue weighted by Gasteiger charge is -2.14. The first-order valence-corrected chi connectivity index (χ1v) is 8.32. The maximum atomic E-state index is 4.30. The zero-order chi connectivity index (χ0) is 16.8. The lowest BCUT2D eigenvalue weighted by molar-refractivity contribution is 1.42. The van der Waals surface area contributed by atoms with Gasteiger partial charge < -0.3 is 0 Å². The summed E-state index contributed by atoms with van der Waals surface area (Å²) in [5, 5.41) is 4.83. The molecule has 0 nitrogen and oxygen atoms in total. The molecule has 1 aliphatic rings. The summed E-state index contributed by atoms with van der Waals surface area (Å²) >= 11 is 0. The van der Waals surface area contributed by atoms with Crippen molar-refractivity contribution < 1.29 is 0 Å². The predicted octanol–water partition coefficient (Wildman–Crippen LogP) is 4.71. The van der Waals surface area contributed by atoms with Gasteiger partial charge in [-0.2, -0.15) is 0 Å². The van der Waals surface area contributed by atoms with E-state index in [4.69, 9.17) is 0 Å². The summed E-state index contributed by atoms with van der Waals surface area (Å²) < 4.78 is 0. The quantitative estimate of drug-likeness (QED) is 0.611. The van der Waals surface area contributed by atoms with E-state index in [-0.39, 0.29) is 0 Å². The molecule has 0 aliphatic heterocycles. The van der Waals surface area contributed by atoms with Crippen molar-refractivity contribution in [3.63, 3.8) is 0 Å². The molecule has 0 amide bonds. The van der Waals surface area contributed by atoms with E-state index in [1.54, 1.807) is 0 Å². The second-order valence-corrected chi connectivity index (χ2v) is 6.32. The molecule has 0 atom stereocenters. The van der Waals surface area contributed by atoms with Crippen LogP contribution in [0.5, 0.6) is 0 Å². The Morgan fingerprint density at radius 3 is 2.42 bits per heavy atom. The first-order chi connectivity index (χ1) is 11.7. The van der Waals surface area contributed by atoms with Crippen LogP contribution in [-0.4, -0.2) is 0 Å². The molecule has 0 saturated heterocycles. The van der Waals surface area contributed by atoms with Crippen molar-refractivity contribution in [2.75, 3.05) is 0 Å². The molecule has 0 aromatic heterocycles. The molecule has 3 aromatic carbocycles. The van der Waals surface area contributed by atoms with Gasteiger partial charge >= 0.3 is 0 Å². The third kappa shape index (κ3) is 1.86. The summed E-state index contributed by atoms with van der Waals surface area (Å²) in [4.78, 5) is 0. The molecule has 0 radical (unpaired) electrons. The zero-order valence-electron chi connectivity index (χ0n) is 14.2. The van der Waals surface area contributed by atoms with E-state index < -0.39 is 0 Å². The average Bonchev–Trinajstić information content (AvgIpc) is 2.72. The van der Waals surface area contributed by atoms with Gasteiger partial charge in [0.15, 0.2) is 0 Å². The van der Waals surface area contributed by atoms with E-state index in [2.05, 4.69) is 81.6 Å². The maximum absolute atomic E-state index is 4.30. The van der Waals surface area contributed by atoms with Crippen molar-refractivity contribution in [3.05, 3.63) is 100.0 Å². The summed E-state index contributed by atoms with van der Waals surface area (Å²) in [5.41, 5.74) is 7.57. The van der Waals surface area contributed by atoms with E-state index in [1.165, 1.54) is 49.4 Å². The molecular weight excluding hydrogens is 288 g/mol. The van der Waals surface area contributed by atoms with Crippen LogP contribution in [0.25, 0.3) is 28.5 Å². The largest absolute Gasteiger partial charge is 0.0984 e. The Labute approximate surface area is 142 Å². The lowest BCUT2D eigenvalue weighted by atomic mass is 9.89. The summed E-state index contributed by atoms with van der Waals surface area (Å²) in [6.45, 7) is 12.7. The molecule has 1 aliphatic carbocycles. The number of fused-ring (bicyclic) bond motifs is 1. The van der Waals surface area contributed by atoms with Crippen LogP contribution in [0.2, 0.25) is 0 Å². The van der Waals surface area contributed by atoms with Crippen LogP contribution in [0.4, 0.5) is 0 Å². The van der Waals surface area contributed by atoms with Crippen molar-refractivity contribution in [3.8, 4) is 0 Å². The van der Waals surface area contributed by atoms with Crippen molar-refractivity contribution in [1.82, 2.24) is 0 Å². The molecule has 24 heavy (non-hydrogen) atoms. The fourth-order valence-electron chi connectivity index (χ4n) is 3.98. The minimum Gasteiger partial charge on any atom is -0.0984 e. The second-order valence-electron chi connectivity index (χ2n) is 6.32. The normalized spacial score (nSPS) is 14.6. The van der Waals surface area contributed by atoms with E-state index >= 15 is 0 Å². The minimum atomic E-state index is 1.05. The topological polar surface area (TPSA) is 0 Å². The van der Waals surface area contributed by atoms with Gasteiger partial charge in [-0.1, -0.05) is 73.8 Å². The monoisotopic (exact) mass is 308 g/mol. The van der Waals surface area contributed by atoms with Crippen LogP contribution < -0.4 is 10.4 Å². The number of aryl methyl sites for hydroxylation is 1. The molecule has 0 N–H and O–H groups in total. The average molecular weight is 308 g/mol. The summed E-state index contributed by atoms with van der Waals surface area (Å²) in [7, 11) is 0. The Balaban J connectivity index is 2.42. The number of benzene rings is 3. The van der Waals surface area contributed by atoms with Gasteiger partial charge in [0.2, 0.25) is 0 Å². The number of hydrogen-bond donors (Lipinski definition) is 0. The summed E-state index contributed by atoms with van der Waals surface area (Å²) in [6, 6.07) is 17.3. The van der Waals surface area contributed by atoms with Crippen LogP contribution in [0.1, 0.15) is 29.2 Å². The van der Waals surface area contributed by atoms with E-state index in [1.807, 2.05) is 6.08 Å². The maximum Gasteiger partial charge on any atom is -0.00238 e. The van der Waals surface area contributed by atoms with Crippen LogP contribution in [0.15, 0.2) is 67.3 Å². The molecule has 0 saturated carbocycles. The Morgan fingerprint density at radius 2 is 1.67 bits per heavy atom. The standard InChI is InChI=1S/C24H20/c1-5-18-21-12-8-10-17-14-13-16(4)23(24(17)21)19(6-2)20-11-7-9-15(3)22(18)20/h5-14H,1,3H2,2,4H3. The Hall–Kier alpha value is -2.86. The van der Waals surface area contributed by atoms with Crippen LogP contribution >= 0.6 is 0 Å². The van der Waals surface area contributed by atoms with Crippen LogP contribution in [0, 0.1) is 6.92 Å². The van der Waals surface area contributed by atoms with Crippen LogP contribution in [-0.2, 0) is 0 Å². The number of rotatable bonds is 1. The van der Waals surface area contributed by atoms with Crippen molar-refractivity contribution >= 4 is 28.5 Å². The van der Waals surface area contributed by atoms with Gasteiger partial charge in [-0.05, 0) is 68.5 Å². The first-order valence-electron chi connectivity index (χ1n) is 8.32. The minimum absolute atomic E-state index is 1.05. The van der Waals surface area contributed by atoms with Gasteiger partial charge in [-0.3, -0.25) is 0 Å². The molecule has 116 valence electrons. The molecule has 3 aromatic rings. The Bertz CT molecular complexity index is 1140. The highest BCUT2D eigenvalue weighted by atomic mass is 14.2. The molecule has 0 unspecified atom stereocenters. The molecule has 0 bridgehead atoms. The van der Waals surface area contributed by atoms with Gasteiger partial charge in [0.05, 0.1) is 0 Å². The Kier molecular flexibility index (Phi) is 3.28. The highest BCUT2D eigenvalue weighted by molar-refractivity contribution is 6.08. The van der Waals surface area contributed by atoms with Gasteiger partial charge in [-0.25, -0.2) is 0 Å². The zero-order valence-corrected chi connectivity index (χ0v) is 14.2. The highest BCUT2D eigenvalue weighted by Gasteiger charge is 2.20. The van der Waals surface area contributed by atoms with E-state index in [9.17, 15) is 0 Å². The Morgan fingerprint density at radius 1 is 0.917 bits per heavy atom. The third-order valence-electron chi connectivity index (χ3n) is 5.02. The SMILES string of the molecule is C=CC1=c2c(cccc2=C)C(=CC)c2c(C)ccc3cccc1c23. The van der Waals surface area contributed by atoms with Crippen molar-refractivity contribution in [2.24, 2.45) is 0 Å². The molecule has 0 heterocycles. The van der Waals surface area contributed by atoms with Crippen molar-refractivity contribution in [1.29, 1.82) is 0 Å². The molecule has 0 fully saturated rings. The van der Waals surface area contributed by atoms with E-state index in [0.29, 0.717) is 0 Å². The predicted molar refractivity (Wildman–Crippen MR) is 105 cm³/mol. The fraction of sp³-hybridized carbons (Fsp3) is 0.0833. The summed E-state index contributed by atoms with van der Waals surface area (Å²) in [6.07, 6.45) is 4.20. The first kappa shape index (κ1) is 14.7. The van der Waals surface area contributed by atoms with Gasteiger partial charge in [0.25, 0.3) is 0 Å². The molecule has 0 heteroatoms. The highest BCUT2D eigenvalue weighted by Crippen LogP contribution is 2.37. The molecular formula is C24H20. The molecule has 0 spiro atoms. The van der Waals surface area contributed by atoms with E-state index in [0.717, 1.165) is 5.22 Å². The van der Waals surface area contributed by atoms with Gasteiger partial charge in [0, 0.05) is 0 Å². The fourth-order valence-corrected chi connectivity index (χ4v) is 3.98. The second kappa shape index (κ2) is 5.35. The van der Waals surface area contributed by atoms with Gasteiger partial charge in [-0.15, -0.1) is 0 Å². The number of hydrogen-bond acceptors (Lipinski definition) is 0. The van der Waals surface area contributed by atoms with Crippen LogP contribution in [0.3, 0.4) is 0 Å². The van der Waals surface area contributed by atoms with Gasteiger partial charge in [0.1, 0.15) is 0 Å². The van der Waals surface area contributed by atoms with Crippen molar-refractivity contribution in [2.45, 2.75) is 13.8 Å². The summed E-state index contributed by atoms with van der Waals surface area (Å²) in [5.74, 6) is 0. The lowest BCUT2D eigenvalue weighted by Crippen LogP contribution is -2.28. The number of allylic oxidation sites excluding steroid dienone is 2.